The standard InChI is InChI=1S/C15H29NO3/c1-3-4-5-6-7-8-9-16-10-11-19-14(13-16)12-15(17)18-2/h14H,3-13H2,1-2H3. The third-order valence-electron chi connectivity index (χ3n) is 3.67. The second-order valence-electron chi connectivity index (χ2n) is 5.34. The number of nitrogens with zero attached hydrogens (tertiary/aromatic N) is 1. The first-order valence-electron chi connectivity index (χ1n) is 7.67. The number of esters is 1. The first kappa shape index (κ1) is 16.4. The van der Waals surface area contributed by atoms with Gasteiger partial charge in [0.1, 0.15) is 0 Å². The normalized spacial score (nSPS) is 20.4. The Morgan fingerprint density at radius 2 is 2.00 bits per heavy atom. The van der Waals surface area contributed by atoms with Gasteiger partial charge in [-0.25, -0.2) is 0 Å². The first-order valence-corrected chi connectivity index (χ1v) is 7.67. The highest BCUT2D eigenvalue weighted by molar-refractivity contribution is 5.69. The summed E-state index contributed by atoms with van der Waals surface area (Å²) in [7, 11) is 1.43. The molecule has 1 unspecified atom stereocenters. The lowest BCUT2D eigenvalue weighted by molar-refractivity contribution is -0.145. The number of morpholine rings is 1. The molecule has 0 saturated carbocycles. The van der Waals surface area contributed by atoms with E-state index in [4.69, 9.17) is 4.74 Å². The van der Waals surface area contributed by atoms with Gasteiger partial charge >= 0.3 is 5.97 Å². The maximum atomic E-state index is 11.2. The molecule has 0 aliphatic carbocycles. The minimum Gasteiger partial charge on any atom is -0.469 e. The Bertz CT molecular complexity index is 246. The number of carbonyl (C=O) groups is 1. The van der Waals surface area contributed by atoms with Gasteiger partial charge in [0, 0.05) is 13.1 Å². The lowest BCUT2D eigenvalue weighted by Crippen LogP contribution is -2.43. The summed E-state index contributed by atoms with van der Waals surface area (Å²) >= 11 is 0. The van der Waals surface area contributed by atoms with Gasteiger partial charge < -0.3 is 9.47 Å². The highest BCUT2D eigenvalue weighted by Crippen LogP contribution is 2.11. The molecule has 4 nitrogen and oxygen atoms in total. The predicted molar refractivity (Wildman–Crippen MR) is 76.2 cm³/mol. The molecule has 0 radical (unpaired) electrons. The summed E-state index contributed by atoms with van der Waals surface area (Å²) in [6.45, 7) is 5.97. The molecule has 1 saturated heterocycles. The van der Waals surface area contributed by atoms with E-state index in [1.54, 1.807) is 0 Å². The van der Waals surface area contributed by atoms with Gasteiger partial charge in [-0.15, -0.1) is 0 Å². The Balaban J connectivity index is 2.08. The molecular weight excluding hydrogens is 242 g/mol. The summed E-state index contributed by atoms with van der Waals surface area (Å²) in [5.74, 6) is -0.175. The number of rotatable bonds is 9. The fourth-order valence-corrected chi connectivity index (χ4v) is 2.49. The number of methoxy groups -OCH3 is 1. The van der Waals surface area contributed by atoms with Crippen LogP contribution in [0.3, 0.4) is 0 Å². The summed E-state index contributed by atoms with van der Waals surface area (Å²) < 4.78 is 10.3. The summed E-state index contributed by atoms with van der Waals surface area (Å²) in [5.41, 5.74) is 0. The van der Waals surface area contributed by atoms with Crippen LogP contribution in [-0.2, 0) is 14.3 Å². The topological polar surface area (TPSA) is 38.8 Å². The third kappa shape index (κ3) is 7.53. The maximum absolute atomic E-state index is 11.2. The molecule has 112 valence electrons. The lowest BCUT2D eigenvalue weighted by Gasteiger charge is -2.32. The van der Waals surface area contributed by atoms with Gasteiger partial charge in [-0.3, -0.25) is 9.69 Å². The molecule has 1 aliphatic heterocycles. The van der Waals surface area contributed by atoms with Gasteiger partial charge in [0.15, 0.2) is 0 Å². The molecule has 0 amide bonds. The Hall–Kier alpha value is -0.610. The number of hydrogen-bond acceptors (Lipinski definition) is 4. The molecule has 1 heterocycles. The van der Waals surface area contributed by atoms with Crippen LogP contribution in [0.5, 0.6) is 0 Å². The van der Waals surface area contributed by atoms with Gasteiger partial charge in [-0.2, -0.15) is 0 Å². The van der Waals surface area contributed by atoms with Crippen molar-refractivity contribution < 1.29 is 14.3 Å². The largest absolute Gasteiger partial charge is 0.469 e. The van der Waals surface area contributed by atoms with Crippen LogP contribution in [0, 0.1) is 0 Å². The quantitative estimate of drug-likeness (QED) is 0.477. The summed E-state index contributed by atoms with van der Waals surface area (Å²) in [6.07, 6.45) is 8.35. The van der Waals surface area contributed by atoms with E-state index in [0.717, 1.165) is 26.2 Å². The number of hydrogen-bond donors (Lipinski definition) is 0. The van der Waals surface area contributed by atoms with Crippen molar-refractivity contribution in [1.82, 2.24) is 4.90 Å². The lowest BCUT2D eigenvalue weighted by atomic mass is 10.1. The van der Waals surface area contributed by atoms with Crippen LogP contribution in [0.2, 0.25) is 0 Å². The van der Waals surface area contributed by atoms with E-state index in [1.165, 1.54) is 45.6 Å². The molecule has 0 aromatic heterocycles. The fourth-order valence-electron chi connectivity index (χ4n) is 2.49. The van der Waals surface area contributed by atoms with Gasteiger partial charge in [0.2, 0.25) is 0 Å². The van der Waals surface area contributed by atoms with E-state index in [0.29, 0.717) is 6.42 Å². The van der Waals surface area contributed by atoms with Gasteiger partial charge in [0.05, 0.1) is 26.2 Å². The molecular formula is C15H29NO3. The molecule has 4 heteroatoms. The molecule has 0 aromatic rings. The summed E-state index contributed by atoms with van der Waals surface area (Å²) in [5, 5.41) is 0. The van der Waals surface area contributed by atoms with Crippen molar-refractivity contribution in [2.75, 3.05) is 33.4 Å². The smallest absolute Gasteiger partial charge is 0.308 e. The molecule has 1 atom stereocenters. The first-order chi connectivity index (χ1) is 9.26. The van der Waals surface area contributed by atoms with Crippen LogP contribution >= 0.6 is 0 Å². The van der Waals surface area contributed by atoms with Crippen molar-refractivity contribution in [2.45, 2.75) is 58.0 Å². The van der Waals surface area contributed by atoms with Crippen molar-refractivity contribution in [3.8, 4) is 0 Å². The van der Waals surface area contributed by atoms with Crippen molar-refractivity contribution >= 4 is 5.97 Å². The molecule has 1 rings (SSSR count). The van der Waals surface area contributed by atoms with Crippen LogP contribution in [0.15, 0.2) is 0 Å². The predicted octanol–water partition coefficient (Wildman–Crippen LogP) is 2.61. The van der Waals surface area contributed by atoms with Crippen LogP contribution < -0.4 is 0 Å². The average Bonchev–Trinajstić information content (AvgIpc) is 2.43. The molecule has 0 aromatic carbocycles. The van der Waals surface area contributed by atoms with Crippen LogP contribution in [0.1, 0.15) is 51.9 Å². The number of ether oxygens (including phenoxy) is 2. The van der Waals surface area contributed by atoms with E-state index >= 15 is 0 Å². The average molecular weight is 271 g/mol. The Labute approximate surface area is 117 Å². The van der Waals surface area contributed by atoms with E-state index in [1.807, 2.05) is 0 Å². The van der Waals surface area contributed by atoms with Crippen molar-refractivity contribution in [3.05, 3.63) is 0 Å². The van der Waals surface area contributed by atoms with Gasteiger partial charge in [0.25, 0.3) is 0 Å². The Morgan fingerprint density at radius 3 is 2.74 bits per heavy atom. The van der Waals surface area contributed by atoms with Gasteiger partial charge in [-0.1, -0.05) is 39.0 Å². The van der Waals surface area contributed by atoms with Crippen molar-refractivity contribution in [1.29, 1.82) is 0 Å². The Kier molecular flexibility index (Phi) is 8.84. The minimum atomic E-state index is -0.175. The minimum absolute atomic E-state index is 0.0151. The zero-order valence-corrected chi connectivity index (χ0v) is 12.5. The molecule has 0 bridgehead atoms. The van der Waals surface area contributed by atoms with Crippen LogP contribution in [-0.4, -0.2) is 50.3 Å². The monoisotopic (exact) mass is 271 g/mol. The third-order valence-corrected chi connectivity index (χ3v) is 3.67. The Morgan fingerprint density at radius 1 is 1.26 bits per heavy atom. The maximum Gasteiger partial charge on any atom is 0.308 e. The number of carbonyl (C=O) groups excluding carboxylic acids is 1. The van der Waals surface area contributed by atoms with Crippen LogP contribution in [0.4, 0.5) is 0 Å². The van der Waals surface area contributed by atoms with Crippen LogP contribution in [0.25, 0.3) is 0 Å². The molecule has 0 N–H and O–H groups in total. The highest BCUT2D eigenvalue weighted by atomic mass is 16.5. The van der Waals surface area contributed by atoms with Gasteiger partial charge in [-0.05, 0) is 13.0 Å². The molecule has 19 heavy (non-hydrogen) atoms. The van der Waals surface area contributed by atoms with Crippen molar-refractivity contribution in [2.24, 2.45) is 0 Å². The van der Waals surface area contributed by atoms with E-state index in [9.17, 15) is 4.79 Å². The molecule has 1 fully saturated rings. The fraction of sp³-hybridized carbons (Fsp3) is 0.933. The van der Waals surface area contributed by atoms with E-state index in [-0.39, 0.29) is 12.1 Å². The SMILES string of the molecule is CCCCCCCCN1CCOC(CC(=O)OC)C1. The summed E-state index contributed by atoms with van der Waals surface area (Å²) in [6, 6.07) is 0. The molecule has 1 aliphatic rings. The van der Waals surface area contributed by atoms with E-state index < -0.39 is 0 Å². The van der Waals surface area contributed by atoms with E-state index in [2.05, 4.69) is 16.6 Å². The van der Waals surface area contributed by atoms with Crippen molar-refractivity contribution in [3.63, 3.8) is 0 Å². The summed E-state index contributed by atoms with van der Waals surface area (Å²) in [4.78, 5) is 13.6. The molecule has 0 spiro atoms. The highest BCUT2D eigenvalue weighted by Gasteiger charge is 2.22. The zero-order valence-electron chi connectivity index (χ0n) is 12.5. The zero-order chi connectivity index (χ0) is 13.9. The second-order valence-corrected chi connectivity index (χ2v) is 5.34. The second kappa shape index (κ2) is 10.2. The number of unbranched alkanes of at least 4 members (excludes halogenated alkanes) is 5.